The van der Waals surface area contributed by atoms with Gasteiger partial charge in [0.05, 0.1) is 17.7 Å². The van der Waals surface area contributed by atoms with Gasteiger partial charge in [0.1, 0.15) is 18.1 Å². The second kappa shape index (κ2) is 6.55. The topological polar surface area (TPSA) is 73.6 Å². The predicted octanol–water partition coefficient (Wildman–Crippen LogP) is 4.19. The van der Waals surface area contributed by atoms with Gasteiger partial charge in [0.2, 0.25) is 0 Å². The summed E-state index contributed by atoms with van der Waals surface area (Å²) in [6.07, 6.45) is 0. The van der Waals surface area contributed by atoms with E-state index in [0.717, 1.165) is 22.6 Å². The zero-order valence-electron chi connectivity index (χ0n) is 14.5. The first-order chi connectivity index (χ1) is 12.7. The van der Waals surface area contributed by atoms with E-state index in [4.69, 9.17) is 14.0 Å². The Balaban J connectivity index is 1.59. The van der Waals surface area contributed by atoms with Crippen molar-refractivity contribution in [1.82, 2.24) is 5.16 Å². The molecule has 1 aromatic heterocycles. The average molecular weight is 350 g/mol. The first-order valence-electron chi connectivity index (χ1n) is 8.42. The molecule has 0 fully saturated rings. The summed E-state index contributed by atoms with van der Waals surface area (Å²) in [6.45, 7) is 4.76. The minimum Gasteiger partial charge on any atom is -0.494 e. The number of nitrogens with one attached hydrogen (secondary N) is 1. The van der Waals surface area contributed by atoms with E-state index in [1.54, 1.807) is 24.3 Å². The monoisotopic (exact) mass is 350 g/mol. The Kier molecular flexibility index (Phi) is 4.08. The SMILES string of the molecule is CCOc1ccc(NC(=O)c2noc3c2COc2ccc(C)cc2-3)cc1. The number of aromatic nitrogens is 1. The molecule has 132 valence electrons. The van der Waals surface area contributed by atoms with Crippen molar-refractivity contribution in [2.45, 2.75) is 20.5 Å². The number of anilines is 1. The van der Waals surface area contributed by atoms with Gasteiger partial charge in [-0.1, -0.05) is 16.8 Å². The van der Waals surface area contributed by atoms with Gasteiger partial charge in [0.25, 0.3) is 5.91 Å². The maximum Gasteiger partial charge on any atom is 0.278 e. The quantitative estimate of drug-likeness (QED) is 0.763. The van der Waals surface area contributed by atoms with Gasteiger partial charge in [-0.05, 0) is 50.2 Å². The molecule has 1 amide bonds. The molecule has 2 aromatic carbocycles. The van der Waals surface area contributed by atoms with E-state index in [0.29, 0.717) is 23.6 Å². The molecule has 26 heavy (non-hydrogen) atoms. The van der Waals surface area contributed by atoms with E-state index in [-0.39, 0.29) is 18.2 Å². The van der Waals surface area contributed by atoms with Crippen LogP contribution in [0.15, 0.2) is 47.0 Å². The van der Waals surface area contributed by atoms with Gasteiger partial charge in [-0.2, -0.15) is 0 Å². The lowest BCUT2D eigenvalue weighted by Gasteiger charge is -2.16. The predicted molar refractivity (Wildman–Crippen MR) is 96.6 cm³/mol. The lowest BCUT2D eigenvalue weighted by atomic mass is 10.0. The highest BCUT2D eigenvalue weighted by atomic mass is 16.5. The Morgan fingerprint density at radius 1 is 1.23 bits per heavy atom. The number of benzene rings is 2. The molecular weight excluding hydrogens is 332 g/mol. The van der Waals surface area contributed by atoms with Crippen LogP contribution in [0, 0.1) is 6.92 Å². The first kappa shape index (κ1) is 16.2. The molecule has 0 saturated heterocycles. The molecule has 0 spiro atoms. The number of nitrogens with zero attached hydrogens (tertiary/aromatic N) is 1. The van der Waals surface area contributed by atoms with Crippen LogP contribution in [-0.2, 0) is 6.61 Å². The summed E-state index contributed by atoms with van der Waals surface area (Å²) in [5.74, 6) is 1.74. The number of aryl methyl sites for hydroxylation is 1. The number of hydrogen-bond acceptors (Lipinski definition) is 5. The molecule has 2 heterocycles. The second-order valence-corrected chi connectivity index (χ2v) is 6.04. The number of carbonyl (C=O) groups excluding carboxylic acids is 1. The Labute approximate surface area is 150 Å². The molecule has 1 N–H and O–H groups in total. The van der Waals surface area contributed by atoms with Gasteiger partial charge >= 0.3 is 0 Å². The summed E-state index contributed by atoms with van der Waals surface area (Å²) in [5, 5.41) is 6.80. The standard InChI is InChI=1S/C20H18N2O4/c1-3-24-14-7-5-13(6-8-14)21-20(23)18-16-11-25-17-9-4-12(2)10-15(17)19(16)26-22-18/h4-10H,3,11H2,1-2H3,(H,21,23). The molecule has 0 saturated carbocycles. The number of ether oxygens (including phenoxy) is 2. The van der Waals surface area contributed by atoms with E-state index >= 15 is 0 Å². The Morgan fingerprint density at radius 3 is 2.81 bits per heavy atom. The minimum absolute atomic E-state index is 0.237. The smallest absolute Gasteiger partial charge is 0.278 e. The van der Waals surface area contributed by atoms with Crippen molar-refractivity contribution in [2.75, 3.05) is 11.9 Å². The Bertz CT molecular complexity index is 960. The van der Waals surface area contributed by atoms with Crippen molar-refractivity contribution >= 4 is 11.6 Å². The summed E-state index contributed by atoms with van der Waals surface area (Å²) in [7, 11) is 0. The van der Waals surface area contributed by atoms with Crippen LogP contribution in [-0.4, -0.2) is 17.7 Å². The number of hydrogen-bond donors (Lipinski definition) is 1. The molecule has 0 aliphatic carbocycles. The summed E-state index contributed by atoms with van der Waals surface area (Å²) in [5.41, 5.74) is 3.45. The van der Waals surface area contributed by atoms with Crippen LogP contribution in [0.3, 0.4) is 0 Å². The molecular formula is C20H18N2O4. The van der Waals surface area contributed by atoms with Crippen LogP contribution in [0.5, 0.6) is 11.5 Å². The fourth-order valence-corrected chi connectivity index (χ4v) is 2.92. The molecule has 6 nitrogen and oxygen atoms in total. The van der Waals surface area contributed by atoms with Crippen molar-refractivity contribution in [3.05, 3.63) is 59.3 Å². The summed E-state index contributed by atoms with van der Waals surface area (Å²) in [6, 6.07) is 13.0. The molecule has 0 unspecified atom stereocenters. The van der Waals surface area contributed by atoms with Gasteiger partial charge in [0.15, 0.2) is 11.5 Å². The van der Waals surface area contributed by atoms with Crippen LogP contribution >= 0.6 is 0 Å². The van der Waals surface area contributed by atoms with Crippen molar-refractivity contribution in [2.24, 2.45) is 0 Å². The van der Waals surface area contributed by atoms with Crippen LogP contribution in [0.1, 0.15) is 28.5 Å². The van der Waals surface area contributed by atoms with E-state index in [1.807, 2.05) is 32.0 Å². The largest absolute Gasteiger partial charge is 0.494 e. The van der Waals surface area contributed by atoms with Gasteiger partial charge in [0, 0.05) is 5.69 Å². The van der Waals surface area contributed by atoms with Crippen molar-refractivity contribution in [3.8, 4) is 22.8 Å². The summed E-state index contributed by atoms with van der Waals surface area (Å²) < 4.78 is 16.6. The maximum atomic E-state index is 12.6. The molecule has 6 heteroatoms. The number of fused-ring (bicyclic) bond motifs is 3. The Morgan fingerprint density at radius 2 is 2.04 bits per heavy atom. The normalized spacial score (nSPS) is 11.9. The fourth-order valence-electron chi connectivity index (χ4n) is 2.92. The van der Waals surface area contributed by atoms with Crippen LogP contribution in [0.4, 0.5) is 5.69 Å². The third-order valence-corrected chi connectivity index (χ3v) is 4.18. The van der Waals surface area contributed by atoms with Gasteiger partial charge in [-0.25, -0.2) is 0 Å². The second-order valence-electron chi connectivity index (χ2n) is 6.04. The van der Waals surface area contributed by atoms with E-state index in [2.05, 4.69) is 10.5 Å². The lowest BCUT2D eigenvalue weighted by Crippen LogP contribution is -2.16. The van der Waals surface area contributed by atoms with Crippen molar-refractivity contribution < 1.29 is 18.8 Å². The third kappa shape index (κ3) is 2.90. The third-order valence-electron chi connectivity index (χ3n) is 4.18. The first-order valence-corrected chi connectivity index (χ1v) is 8.42. The summed E-state index contributed by atoms with van der Waals surface area (Å²) in [4.78, 5) is 12.6. The molecule has 1 aliphatic rings. The molecule has 3 aromatic rings. The molecule has 1 aliphatic heterocycles. The summed E-state index contributed by atoms with van der Waals surface area (Å²) >= 11 is 0. The van der Waals surface area contributed by atoms with E-state index < -0.39 is 0 Å². The highest BCUT2D eigenvalue weighted by molar-refractivity contribution is 6.04. The zero-order chi connectivity index (χ0) is 18.1. The van der Waals surface area contributed by atoms with Crippen LogP contribution < -0.4 is 14.8 Å². The van der Waals surface area contributed by atoms with Gasteiger partial charge < -0.3 is 19.3 Å². The average Bonchev–Trinajstić information content (AvgIpc) is 3.08. The van der Waals surface area contributed by atoms with Gasteiger partial charge in [-0.15, -0.1) is 0 Å². The highest BCUT2D eigenvalue weighted by Gasteiger charge is 2.28. The van der Waals surface area contributed by atoms with Crippen molar-refractivity contribution in [3.63, 3.8) is 0 Å². The minimum atomic E-state index is -0.334. The number of amides is 1. The molecule has 4 rings (SSSR count). The molecule has 0 atom stereocenters. The van der Waals surface area contributed by atoms with E-state index in [1.165, 1.54) is 0 Å². The molecule has 0 bridgehead atoms. The van der Waals surface area contributed by atoms with Crippen molar-refractivity contribution in [1.29, 1.82) is 0 Å². The highest BCUT2D eigenvalue weighted by Crippen LogP contribution is 2.39. The number of rotatable bonds is 4. The van der Waals surface area contributed by atoms with Gasteiger partial charge in [-0.3, -0.25) is 4.79 Å². The molecule has 0 radical (unpaired) electrons. The Hall–Kier alpha value is -3.28. The maximum absolute atomic E-state index is 12.6. The number of carbonyl (C=O) groups is 1. The van der Waals surface area contributed by atoms with Crippen LogP contribution in [0.25, 0.3) is 11.3 Å². The lowest BCUT2D eigenvalue weighted by molar-refractivity contribution is 0.101. The zero-order valence-corrected chi connectivity index (χ0v) is 14.5. The van der Waals surface area contributed by atoms with Crippen LogP contribution in [0.2, 0.25) is 0 Å². The fraction of sp³-hybridized carbons (Fsp3) is 0.200. The van der Waals surface area contributed by atoms with E-state index in [9.17, 15) is 4.79 Å².